The number of aromatic nitrogens is 1. The fourth-order valence-corrected chi connectivity index (χ4v) is 3.76. The summed E-state index contributed by atoms with van der Waals surface area (Å²) in [6.45, 7) is 2.18. The molecule has 1 aromatic heterocycles. The van der Waals surface area contributed by atoms with E-state index in [2.05, 4.69) is 10.3 Å². The number of esters is 1. The minimum absolute atomic E-state index is 0.0885. The number of ether oxygens (including phenoxy) is 2. The first kappa shape index (κ1) is 24.6. The van der Waals surface area contributed by atoms with Gasteiger partial charge in [0.1, 0.15) is 12.4 Å². The average molecular weight is 486 g/mol. The lowest BCUT2D eigenvalue weighted by atomic mass is 9.98. The number of pyridine rings is 1. The number of nitrogens with zero attached hydrogens (tertiary/aromatic N) is 2. The number of likely N-dealkylation sites (tertiary alicyclic amines) is 1. The lowest BCUT2D eigenvalue weighted by molar-refractivity contribution is -0.228. The molecule has 0 saturated carbocycles. The zero-order chi connectivity index (χ0) is 24.1. The minimum Gasteiger partial charge on any atom is -0.492 e. The van der Waals surface area contributed by atoms with E-state index in [1.165, 1.54) is 25.1 Å². The second kappa shape index (κ2) is 10.3. The topological polar surface area (TPSA) is 80.8 Å². The summed E-state index contributed by atoms with van der Waals surface area (Å²) in [4.78, 5) is 29.7. The van der Waals surface area contributed by atoms with Crippen LogP contribution in [0.3, 0.4) is 0 Å². The Labute approximate surface area is 193 Å². The van der Waals surface area contributed by atoms with Crippen LogP contribution in [0.5, 0.6) is 5.75 Å². The normalized spacial score (nSPS) is 18.5. The number of amides is 1. The van der Waals surface area contributed by atoms with Crippen LogP contribution in [0.4, 0.5) is 18.9 Å². The highest BCUT2D eigenvalue weighted by molar-refractivity contribution is 6.31. The number of hydrogen-bond acceptors (Lipinski definition) is 6. The Bertz CT molecular complexity index is 991. The number of carbonyl (C=O) groups is 2. The molecule has 1 atom stereocenters. The van der Waals surface area contributed by atoms with Crippen LogP contribution < -0.4 is 10.1 Å². The third kappa shape index (κ3) is 6.50. The number of alkyl halides is 3. The van der Waals surface area contributed by atoms with Crippen LogP contribution >= 0.6 is 11.6 Å². The molecule has 0 radical (unpaired) electrons. The van der Waals surface area contributed by atoms with Crippen LogP contribution in [0.2, 0.25) is 5.02 Å². The van der Waals surface area contributed by atoms with Gasteiger partial charge in [0.25, 0.3) is 5.91 Å². The quantitative estimate of drug-likeness (QED) is 0.453. The van der Waals surface area contributed by atoms with E-state index in [0.717, 1.165) is 10.6 Å². The van der Waals surface area contributed by atoms with Gasteiger partial charge in [-0.2, -0.15) is 13.2 Å². The fourth-order valence-electron chi connectivity index (χ4n) is 3.53. The Morgan fingerprint density at radius 2 is 1.94 bits per heavy atom. The van der Waals surface area contributed by atoms with Crippen molar-refractivity contribution in [3.63, 3.8) is 0 Å². The van der Waals surface area contributed by atoms with Crippen molar-refractivity contribution >= 4 is 29.2 Å². The lowest BCUT2D eigenvalue weighted by Crippen LogP contribution is -2.56. The van der Waals surface area contributed by atoms with Gasteiger partial charge in [-0.15, -0.1) is 0 Å². The van der Waals surface area contributed by atoms with Crippen molar-refractivity contribution in [3.05, 3.63) is 53.3 Å². The molecule has 1 saturated heterocycles. The van der Waals surface area contributed by atoms with Crippen molar-refractivity contribution in [2.45, 2.75) is 38.1 Å². The van der Waals surface area contributed by atoms with Crippen molar-refractivity contribution in [1.29, 1.82) is 0 Å². The zero-order valence-corrected chi connectivity index (χ0v) is 18.6. The van der Waals surface area contributed by atoms with Gasteiger partial charge in [-0.05, 0) is 50.1 Å². The van der Waals surface area contributed by atoms with Gasteiger partial charge in [-0.25, -0.2) is 4.79 Å². The Hall–Kier alpha value is -3.01. The van der Waals surface area contributed by atoms with Crippen molar-refractivity contribution in [2.75, 3.05) is 25.0 Å². The number of piperidine rings is 1. The Morgan fingerprint density at radius 3 is 2.64 bits per heavy atom. The molecule has 0 spiro atoms. The van der Waals surface area contributed by atoms with Crippen molar-refractivity contribution in [3.8, 4) is 5.75 Å². The highest BCUT2D eigenvalue weighted by Crippen LogP contribution is 2.34. The van der Waals surface area contributed by atoms with E-state index in [1.54, 1.807) is 24.5 Å². The molecule has 33 heavy (non-hydrogen) atoms. The van der Waals surface area contributed by atoms with E-state index in [-0.39, 0.29) is 30.2 Å². The molecular weight excluding hydrogens is 463 g/mol. The van der Waals surface area contributed by atoms with Gasteiger partial charge in [-0.3, -0.25) is 9.78 Å². The summed E-state index contributed by atoms with van der Waals surface area (Å²) in [6, 6.07) is 7.99. The molecule has 1 unspecified atom stereocenters. The molecule has 1 amide bonds. The van der Waals surface area contributed by atoms with Crippen molar-refractivity contribution < 1.29 is 32.2 Å². The largest absolute Gasteiger partial charge is 0.492 e. The second-order valence-electron chi connectivity index (χ2n) is 7.66. The fraction of sp³-hybridized carbons (Fsp3) is 0.409. The Balaban J connectivity index is 1.70. The number of hydrogen-bond donors (Lipinski definition) is 1. The van der Waals surface area contributed by atoms with E-state index >= 15 is 0 Å². The number of carbonyl (C=O) groups excluding carboxylic acids is 2. The first-order valence-electron chi connectivity index (χ1n) is 10.3. The summed E-state index contributed by atoms with van der Waals surface area (Å²) in [6.07, 6.45) is -0.687. The van der Waals surface area contributed by atoms with E-state index in [9.17, 15) is 22.8 Å². The predicted molar refractivity (Wildman–Crippen MR) is 115 cm³/mol. The van der Waals surface area contributed by atoms with Gasteiger partial charge in [0.05, 0.1) is 0 Å². The molecule has 178 valence electrons. The van der Waals surface area contributed by atoms with Gasteiger partial charge in [-0.1, -0.05) is 11.6 Å². The molecule has 11 heteroatoms. The number of rotatable bonds is 7. The van der Waals surface area contributed by atoms with Crippen LogP contribution in [-0.4, -0.2) is 53.4 Å². The zero-order valence-electron chi connectivity index (χ0n) is 17.8. The molecule has 0 bridgehead atoms. The SMILES string of the molecule is CC1(OC(=O)C(F)(F)F)CCCCN1C(=O)c1cc(Cl)cc(OCCNc2ccncc2)c1. The summed E-state index contributed by atoms with van der Waals surface area (Å²) in [5.74, 6) is -2.61. The Kier molecular flexibility index (Phi) is 7.68. The van der Waals surface area contributed by atoms with Gasteiger partial charge in [0, 0.05) is 48.2 Å². The predicted octanol–water partition coefficient (Wildman–Crippen LogP) is 4.67. The monoisotopic (exact) mass is 485 g/mol. The van der Waals surface area contributed by atoms with Crippen molar-refractivity contribution in [1.82, 2.24) is 9.88 Å². The maximum atomic E-state index is 13.2. The van der Waals surface area contributed by atoms with Crippen LogP contribution in [0.1, 0.15) is 36.5 Å². The van der Waals surface area contributed by atoms with Gasteiger partial charge in [0.15, 0.2) is 5.72 Å². The van der Waals surface area contributed by atoms with E-state index in [4.69, 9.17) is 21.1 Å². The summed E-state index contributed by atoms with van der Waals surface area (Å²) < 4.78 is 48.7. The molecule has 7 nitrogen and oxygen atoms in total. The first-order chi connectivity index (χ1) is 15.6. The second-order valence-corrected chi connectivity index (χ2v) is 8.10. The molecule has 1 fully saturated rings. The molecule has 1 aliphatic heterocycles. The summed E-state index contributed by atoms with van der Waals surface area (Å²) in [5.41, 5.74) is -0.733. The first-order valence-corrected chi connectivity index (χ1v) is 10.7. The number of halogens is 4. The van der Waals surface area contributed by atoms with Gasteiger partial charge < -0.3 is 19.7 Å². The molecular formula is C22H23ClF3N3O4. The van der Waals surface area contributed by atoms with E-state index < -0.39 is 23.8 Å². The van der Waals surface area contributed by atoms with Crippen LogP contribution in [-0.2, 0) is 9.53 Å². The van der Waals surface area contributed by atoms with Crippen LogP contribution in [0, 0.1) is 0 Å². The van der Waals surface area contributed by atoms with E-state index in [0.29, 0.717) is 25.1 Å². The van der Waals surface area contributed by atoms with Gasteiger partial charge in [0.2, 0.25) is 0 Å². The number of benzene rings is 1. The standard InChI is InChI=1S/C22H23ClF3N3O4/c1-21(33-20(31)22(24,25)26)6-2-3-10-29(21)19(30)15-12-16(23)14-18(13-15)32-11-9-28-17-4-7-27-8-5-17/h4-5,7-8,12-14H,2-3,6,9-11H2,1H3,(H,27,28). The molecule has 1 aromatic carbocycles. The van der Waals surface area contributed by atoms with Crippen LogP contribution in [0.15, 0.2) is 42.7 Å². The lowest BCUT2D eigenvalue weighted by Gasteiger charge is -2.43. The Morgan fingerprint density at radius 1 is 1.21 bits per heavy atom. The highest BCUT2D eigenvalue weighted by Gasteiger charge is 2.49. The van der Waals surface area contributed by atoms with Crippen LogP contribution in [0.25, 0.3) is 0 Å². The molecule has 2 heterocycles. The number of anilines is 1. The third-order valence-electron chi connectivity index (χ3n) is 5.13. The maximum Gasteiger partial charge on any atom is 0.491 e. The average Bonchev–Trinajstić information content (AvgIpc) is 2.76. The maximum absolute atomic E-state index is 13.2. The molecule has 3 rings (SSSR count). The molecule has 1 aliphatic rings. The summed E-state index contributed by atoms with van der Waals surface area (Å²) in [5, 5.41) is 3.37. The summed E-state index contributed by atoms with van der Waals surface area (Å²) in [7, 11) is 0. The number of nitrogens with one attached hydrogen (secondary N) is 1. The minimum atomic E-state index is -5.16. The smallest absolute Gasteiger partial charge is 0.491 e. The molecule has 1 N–H and O–H groups in total. The third-order valence-corrected chi connectivity index (χ3v) is 5.35. The summed E-state index contributed by atoms with van der Waals surface area (Å²) >= 11 is 6.15. The van der Waals surface area contributed by atoms with Gasteiger partial charge >= 0.3 is 12.1 Å². The van der Waals surface area contributed by atoms with E-state index in [1.807, 2.05) is 0 Å². The van der Waals surface area contributed by atoms with Crippen molar-refractivity contribution in [2.24, 2.45) is 0 Å². The molecule has 2 aromatic rings. The molecule has 0 aliphatic carbocycles. The highest BCUT2D eigenvalue weighted by atomic mass is 35.5.